The van der Waals surface area contributed by atoms with Gasteiger partial charge in [0.1, 0.15) is 17.1 Å². The predicted molar refractivity (Wildman–Crippen MR) is 78.6 cm³/mol. The van der Waals surface area contributed by atoms with E-state index >= 15 is 0 Å². The van der Waals surface area contributed by atoms with Gasteiger partial charge in [0.15, 0.2) is 0 Å². The van der Waals surface area contributed by atoms with Gasteiger partial charge in [0.25, 0.3) is 0 Å². The van der Waals surface area contributed by atoms with Crippen LogP contribution in [-0.4, -0.2) is 39.1 Å². The van der Waals surface area contributed by atoms with Crippen LogP contribution in [0.2, 0.25) is 0 Å². The molecule has 0 aromatic carbocycles. The smallest absolute Gasteiger partial charge is 0.352 e. The number of nitrogens with zero attached hydrogens (tertiary/aromatic N) is 1. The molecule has 1 saturated heterocycles. The number of carbonyl (C=O) groups is 2. The van der Waals surface area contributed by atoms with Crippen molar-refractivity contribution in [1.29, 1.82) is 0 Å². The molecule has 2 aliphatic rings. The number of thioether (sulfide) groups is 1. The van der Waals surface area contributed by atoms with E-state index in [1.165, 1.54) is 22.7 Å². The van der Waals surface area contributed by atoms with E-state index < -0.39 is 12.0 Å². The molecular weight excluding hydrogens is 264 g/mol. The third-order valence-corrected chi connectivity index (χ3v) is 3.81. The Labute approximate surface area is 118 Å². The van der Waals surface area contributed by atoms with Crippen molar-refractivity contribution in [2.75, 3.05) is 5.75 Å². The van der Waals surface area contributed by atoms with Crippen molar-refractivity contribution in [3.63, 3.8) is 0 Å². The Morgan fingerprint density at radius 3 is 2.42 bits per heavy atom. The van der Waals surface area contributed by atoms with Gasteiger partial charge >= 0.3 is 5.97 Å². The molecule has 0 bridgehead atoms. The molecule has 3 N–H and O–H groups in total. The molecule has 0 spiro atoms. The van der Waals surface area contributed by atoms with Gasteiger partial charge in [-0.1, -0.05) is 40.3 Å². The van der Waals surface area contributed by atoms with Crippen LogP contribution in [0.25, 0.3) is 0 Å². The van der Waals surface area contributed by atoms with Crippen LogP contribution in [0.1, 0.15) is 27.7 Å². The van der Waals surface area contributed by atoms with Crippen LogP contribution in [0.15, 0.2) is 23.9 Å². The molecule has 2 unspecified atom stereocenters. The van der Waals surface area contributed by atoms with Crippen molar-refractivity contribution >= 4 is 23.6 Å². The summed E-state index contributed by atoms with van der Waals surface area (Å²) in [5.74, 6) is -0.896. The molecule has 2 heterocycles. The highest BCUT2D eigenvalue weighted by Crippen LogP contribution is 2.39. The molecule has 1 amide bonds. The third kappa shape index (κ3) is 3.19. The summed E-state index contributed by atoms with van der Waals surface area (Å²) in [6.45, 7) is 11.5. The van der Waals surface area contributed by atoms with Crippen LogP contribution in [0.5, 0.6) is 0 Å². The molecule has 0 saturated carbocycles. The average molecular weight is 286 g/mol. The van der Waals surface area contributed by atoms with Crippen molar-refractivity contribution < 1.29 is 14.7 Å². The van der Waals surface area contributed by atoms with Gasteiger partial charge in [-0.25, -0.2) is 4.79 Å². The number of carboxylic acid groups (broad SMARTS) is 1. The Kier molecular flexibility index (Phi) is 7.48. The molecule has 2 atom stereocenters. The number of aliphatic carboxylic acids is 1. The van der Waals surface area contributed by atoms with Crippen LogP contribution in [0.4, 0.5) is 0 Å². The number of hydrogen-bond donors (Lipinski definition) is 2. The number of allylic oxidation sites excluding steroid dienone is 1. The molecule has 2 aliphatic heterocycles. The van der Waals surface area contributed by atoms with Gasteiger partial charge < -0.3 is 10.8 Å². The number of nitrogens with two attached hydrogens (primary N) is 1. The average Bonchev–Trinajstić information content (AvgIpc) is 2.48. The fourth-order valence-electron chi connectivity index (χ4n) is 1.70. The topological polar surface area (TPSA) is 83.6 Å². The van der Waals surface area contributed by atoms with Crippen LogP contribution in [0, 0.1) is 0 Å². The lowest BCUT2D eigenvalue weighted by molar-refractivity contribution is -0.147. The largest absolute Gasteiger partial charge is 0.477 e. The SMILES string of the molecule is C=CC1=C(C(=O)O)N2C(=O)C(N)C2SC1.CC.CC. The van der Waals surface area contributed by atoms with Crippen molar-refractivity contribution in [1.82, 2.24) is 4.90 Å². The van der Waals surface area contributed by atoms with E-state index in [4.69, 9.17) is 10.8 Å². The number of β-lactam (4-membered cyclic amide) rings is 1. The third-order valence-electron chi connectivity index (χ3n) is 2.49. The van der Waals surface area contributed by atoms with E-state index in [0.717, 1.165) is 0 Å². The highest BCUT2D eigenvalue weighted by molar-refractivity contribution is 8.00. The molecule has 19 heavy (non-hydrogen) atoms. The normalized spacial score (nSPS) is 24.1. The number of rotatable bonds is 2. The first-order chi connectivity index (χ1) is 9.07. The number of carboxylic acids is 1. The first-order valence-corrected chi connectivity index (χ1v) is 7.42. The van der Waals surface area contributed by atoms with Crippen molar-refractivity contribution in [2.45, 2.75) is 39.1 Å². The van der Waals surface area contributed by atoms with E-state index in [-0.39, 0.29) is 17.0 Å². The maximum Gasteiger partial charge on any atom is 0.352 e. The lowest BCUT2D eigenvalue weighted by Crippen LogP contribution is -2.68. The van der Waals surface area contributed by atoms with Gasteiger partial charge in [-0.2, -0.15) is 0 Å². The zero-order valence-corrected chi connectivity index (χ0v) is 12.7. The molecule has 0 radical (unpaired) electrons. The second-order valence-corrected chi connectivity index (χ2v) is 4.42. The second kappa shape index (κ2) is 8.01. The minimum absolute atomic E-state index is 0.0282. The summed E-state index contributed by atoms with van der Waals surface area (Å²) in [6, 6.07) is -0.573. The molecule has 2 rings (SSSR count). The Morgan fingerprint density at radius 2 is 2.00 bits per heavy atom. The summed E-state index contributed by atoms with van der Waals surface area (Å²) in [7, 11) is 0. The first-order valence-electron chi connectivity index (χ1n) is 6.37. The minimum atomic E-state index is -1.10. The Morgan fingerprint density at radius 1 is 1.47 bits per heavy atom. The zero-order chi connectivity index (χ0) is 15.2. The molecule has 108 valence electrons. The summed E-state index contributed by atoms with van der Waals surface area (Å²) in [5.41, 5.74) is 6.17. The Balaban J connectivity index is 0.000000741. The van der Waals surface area contributed by atoms with E-state index in [9.17, 15) is 9.59 Å². The molecular formula is C13H22N2O3S. The summed E-state index contributed by atoms with van der Waals surface area (Å²) in [4.78, 5) is 23.7. The molecule has 0 aliphatic carbocycles. The van der Waals surface area contributed by atoms with Crippen molar-refractivity contribution in [3.8, 4) is 0 Å². The van der Waals surface area contributed by atoms with Gasteiger partial charge in [-0.05, 0) is 5.57 Å². The van der Waals surface area contributed by atoms with E-state index in [0.29, 0.717) is 11.3 Å². The van der Waals surface area contributed by atoms with Crippen LogP contribution in [-0.2, 0) is 9.59 Å². The highest BCUT2D eigenvalue weighted by atomic mass is 32.2. The number of amides is 1. The standard InChI is InChI=1S/C9H10N2O3S.2C2H6/c1-2-4-3-15-8-5(10)7(12)11(8)6(4)9(13)14;2*1-2/h2,5,8H,1,3,10H2,(H,13,14);2*1-2H3. The predicted octanol–water partition coefficient (Wildman–Crippen LogP) is 1.81. The van der Waals surface area contributed by atoms with Crippen LogP contribution < -0.4 is 5.73 Å². The lowest BCUT2D eigenvalue weighted by atomic mass is 10.0. The van der Waals surface area contributed by atoms with Crippen molar-refractivity contribution in [2.24, 2.45) is 5.73 Å². The minimum Gasteiger partial charge on any atom is -0.477 e. The van der Waals surface area contributed by atoms with Gasteiger partial charge in [0.05, 0.1) is 0 Å². The molecule has 0 aromatic heterocycles. The second-order valence-electron chi connectivity index (χ2n) is 3.32. The monoisotopic (exact) mass is 286 g/mol. The maximum absolute atomic E-state index is 11.4. The summed E-state index contributed by atoms with van der Waals surface area (Å²) < 4.78 is 0. The quantitative estimate of drug-likeness (QED) is 0.756. The molecule has 1 fully saturated rings. The van der Waals surface area contributed by atoms with E-state index in [1.807, 2.05) is 27.7 Å². The molecule has 0 aromatic rings. The maximum atomic E-state index is 11.4. The molecule has 5 nitrogen and oxygen atoms in total. The van der Waals surface area contributed by atoms with Crippen LogP contribution >= 0.6 is 11.8 Å². The first kappa shape index (κ1) is 17.7. The highest BCUT2D eigenvalue weighted by Gasteiger charge is 2.51. The van der Waals surface area contributed by atoms with Crippen molar-refractivity contribution in [3.05, 3.63) is 23.9 Å². The van der Waals surface area contributed by atoms with E-state index in [1.54, 1.807) is 0 Å². The van der Waals surface area contributed by atoms with Gasteiger partial charge in [-0.3, -0.25) is 9.69 Å². The van der Waals surface area contributed by atoms with Gasteiger partial charge in [0, 0.05) is 5.75 Å². The fraction of sp³-hybridized carbons (Fsp3) is 0.538. The molecule has 6 heteroatoms. The van der Waals surface area contributed by atoms with Crippen LogP contribution in [0.3, 0.4) is 0 Å². The summed E-state index contributed by atoms with van der Waals surface area (Å²) in [5, 5.41) is 8.79. The summed E-state index contributed by atoms with van der Waals surface area (Å²) in [6.07, 6.45) is 1.48. The number of fused-ring (bicyclic) bond motifs is 1. The lowest BCUT2D eigenvalue weighted by Gasteiger charge is -2.47. The summed E-state index contributed by atoms with van der Waals surface area (Å²) >= 11 is 1.47. The zero-order valence-electron chi connectivity index (χ0n) is 11.8. The van der Waals surface area contributed by atoms with E-state index in [2.05, 4.69) is 6.58 Å². The Bertz CT molecular complexity index is 393. The Hall–Kier alpha value is -1.27. The van der Waals surface area contributed by atoms with Gasteiger partial charge in [-0.15, -0.1) is 11.8 Å². The number of carbonyl (C=O) groups excluding carboxylic acids is 1. The van der Waals surface area contributed by atoms with Gasteiger partial charge in [0.2, 0.25) is 5.91 Å². The number of hydrogen-bond acceptors (Lipinski definition) is 4. The fourth-order valence-corrected chi connectivity index (χ4v) is 2.98.